The quantitative estimate of drug-likeness (QED) is 0.833. The van der Waals surface area contributed by atoms with Crippen LogP contribution in [0.25, 0.3) is 11.2 Å². The molecule has 0 unspecified atom stereocenters. The number of nitrogens with zero attached hydrogens (tertiary/aromatic N) is 5. The normalized spacial score (nSPS) is 27.3. The highest BCUT2D eigenvalue weighted by atomic mass is 16.2. The Kier molecular flexibility index (Phi) is 3.96. The monoisotopic (exact) mass is 353 g/mol. The first-order valence-electron chi connectivity index (χ1n) is 10.0. The van der Waals surface area contributed by atoms with Crippen LogP contribution >= 0.6 is 0 Å². The third-order valence-electron chi connectivity index (χ3n) is 6.81. The lowest BCUT2D eigenvalue weighted by atomic mass is 10.1. The van der Waals surface area contributed by atoms with Gasteiger partial charge in [-0.05, 0) is 45.2 Å². The molecule has 4 heterocycles. The molecular formula is C20H27N5O. The molecule has 2 aliphatic heterocycles. The number of hydrogen-bond acceptors (Lipinski definition) is 4. The van der Waals surface area contributed by atoms with E-state index >= 15 is 0 Å². The zero-order chi connectivity index (χ0) is 17.7. The van der Waals surface area contributed by atoms with Crippen LogP contribution in [0.15, 0.2) is 18.6 Å². The second kappa shape index (κ2) is 6.34. The molecule has 138 valence electrons. The summed E-state index contributed by atoms with van der Waals surface area (Å²) in [4.78, 5) is 26.7. The molecule has 0 N–H and O–H groups in total. The fourth-order valence-corrected chi connectivity index (χ4v) is 5.16. The lowest BCUT2D eigenvalue weighted by Gasteiger charge is -2.25. The summed E-state index contributed by atoms with van der Waals surface area (Å²) in [6.45, 7) is 1.68. The van der Waals surface area contributed by atoms with E-state index in [9.17, 15) is 4.79 Å². The summed E-state index contributed by atoms with van der Waals surface area (Å²) in [6.07, 6.45) is 12.2. The summed E-state index contributed by atoms with van der Waals surface area (Å²) in [7, 11) is 2.21. The highest BCUT2D eigenvalue weighted by Crippen LogP contribution is 2.32. The molecule has 0 spiro atoms. The van der Waals surface area contributed by atoms with Crippen molar-refractivity contribution in [1.82, 2.24) is 24.3 Å². The largest absolute Gasteiger partial charge is 0.337 e. The maximum atomic E-state index is 13.1. The number of carbonyl (C=O) groups excluding carboxylic acids is 1. The Morgan fingerprint density at radius 3 is 2.69 bits per heavy atom. The molecule has 2 bridgehead atoms. The molecule has 3 aliphatic rings. The van der Waals surface area contributed by atoms with Gasteiger partial charge in [0.1, 0.15) is 5.52 Å². The molecular weight excluding hydrogens is 326 g/mol. The number of rotatable bonds is 2. The minimum absolute atomic E-state index is 0.107. The molecule has 2 saturated heterocycles. The molecule has 0 radical (unpaired) electrons. The summed E-state index contributed by atoms with van der Waals surface area (Å²) >= 11 is 0. The maximum absolute atomic E-state index is 13.1. The van der Waals surface area contributed by atoms with Crippen molar-refractivity contribution in [2.45, 2.75) is 63.1 Å². The van der Waals surface area contributed by atoms with E-state index in [-0.39, 0.29) is 5.91 Å². The van der Waals surface area contributed by atoms with Gasteiger partial charge < -0.3 is 9.47 Å². The van der Waals surface area contributed by atoms with Crippen LogP contribution in [0, 0.1) is 0 Å². The summed E-state index contributed by atoms with van der Waals surface area (Å²) in [5.41, 5.74) is 2.44. The highest BCUT2D eigenvalue weighted by Gasteiger charge is 2.36. The standard InChI is InChI=1S/C20H27N5O/c1-23-15-6-7-17(23)12-24(9-8-15)20(26)14-10-18-19(21-11-14)25(13-22-18)16-4-2-3-5-16/h10-11,13,15-17H,2-9,12H2,1H3/t15-,17+/m1/s1. The molecule has 6 heteroatoms. The molecule has 26 heavy (non-hydrogen) atoms. The zero-order valence-corrected chi connectivity index (χ0v) is 15.5. The van der Waals surface area contributed by atoms with Gasteiger partial charge in [-0.25, -0.2) is 9.97 Å². The molecule has 1 amide bonds. The van der Waals surface area contributed by atoms with E-state index in [0.29, 0.717) is 23.7 Å². The smallest absolute Gasteiger partial charge is 0.255 e. The first-order chi connectivity index (χ1) is 12.7. The van der Waals surface area contributed by atoms with E-state index in [1.165, 1.54) is 38.5 Å². The van der Waals surface area contributed by atoms with Gasteiger partial charge in [0.15, 0.2) is 5.65 Å². The minimum atomic E-state index is 0.107. The van der Waals surface area contributed by atoms with Gasteiger partial charge in [-0.1, -0.05) is 12.8 Å². The van der Waals surface area contributed by atoms with Gasteiger partial charge in [0.2, 0.25) is 0 Å². The Morgan fingerprint density at radius 2 is 1.85 bits per heavy atom. The van der Waals surface area contributed by atoms with Crippen LogP contribution < -0.4 is 0 Å². The molecule has 2 aromatic heterocycles. The maximum Gasteiger partial charge on any atom is 0.255 e. The number of likely N-dealkylation sites (tertiary alicyclic amines) is 1. The molecule has 1 saturated carbocycles. The van der Waals surface area contributed by atoms with Gasteiger partial charge in [-0.2, -0.15) is 0 Å². The Balaban J connectivity index is 1.39. The molecule has 1 aliphatic carbocycles. The van der Waals surface area contributed by atoms with Crippen molar-refractivity contribution in [2.24, 2.45) is 0 Å². The average molecular weight is 353 g/mol. The van der Waals surface area contributed by atoms with Gasteiger partial charge in [0, 0.05) is 37.4 Å². The predicted octanol–water partition coefficient (Wildman–Crippen LogP) is 2.86. The van der Waals surface area contributed by atoms with E-state index in [4.69, 9.17) is 0 Å². The van der Waals surface area contributed by atoms with Crippen LogP contribution in [-0.4, -0.2) is 62.5 Å². The van der Waals surface area contributed by atoms with E-state index in [0.717, 1.165) is 30.7 Å². The van der Waals surface area contributed by atoms with Crippen LogP contribution in [0.3, 0.4) is 0 Å². The van der Waals surface area contributed by atoms with Crippen molar-refractivity contribution < 1.29 is 4.79 Å². The molecule has 3 fully saturated rings. The topological polar surface area (TPSA) is 54.3 Å². The van der Waals surface area contributed by atoms with Crippen LogP contribution in [0.5, 0.6) is 0 Å². The third kappa shape index (κ3) is 2.62. The van der Waals surface area contributed by atoms with Crippen molar-refractivity contribution in [3.8, 4) is 0 Å². The molecule has 6 nitrogen and oxygen atoms in total. The Hall–Kier alpha value is -1.95. The number of pyridine rings is 1. The fourth-order valence-electron chi connectivity index (χ4n) is 5.16. The highest BCUT2D eigenvalue weighted by molar-refractivity contribution is 5.96. The zero-order valence-electron chi connectivity index (χ0n) is 15.5. The lowest BCUT2D eigenvalue weighted by molar-refractivity contribution is 0.0740. The van der Waals surface area contributed by atoms with Gasteiger partial charge in [0.05, 0.1) is 11.9 Å². The second-order valence-electron chi connectivity index (χ2n) is 8.25. The molecule has 2 aromatic rings. The summed E-state index contributed by atoms with van der Waals surface area (Å²) in [5, 5.41) is 0. The number of imidazole rings is 1. The Morgan fingerprint density at radius 1 is 1.04 bits per heavy atom. The Labute approximate surface area is 154 Å². The van der Waals surface area contributed by atoms with Crippen LogP contribution in [0.4, 0.5) is 0 Å². The summed E-state index contributed by atoms with van der Waals surface area (Å²) in [6, 6.07) is 3.60. The van der Waals surface area contributed by atoms with Crippen molar-refractivity contribution >= 4 is 17.1 Å². The van der Waals surface area contributed by atoms with Gasteiger partial charge in [-0.3, -0.25) is 9.69 Å². The van der Waals surface area contributed by atoms with E-state index in [1.54, 1.807) is 6.20 Å². The number of amides is 1. The van der Waals surface area contributed by atoms with Crippen LogP contribution in [0.1, 0.15) is 61.3 Å². The fraction of sp³-hybridized carbons (Fsp3) is 0.650. The first kappa shape index (κ1) is 16.2. The molecule has 0 aromatic carbocycles. The lowest BCUT2D eigenvalue weighted by Crippen LogP contribution is -2.39. The molecule has 2 atom stereocenters. The van der Waals surface area contributed by atoms with Crippen molar-refractivity contribution in [3.63, 3.8) is 0 Å². The number of likely N-dealkylation sites (N-methyl/N-ethyl adjacent to an activating group) is 1. The summed E-state index contributed by atoms with van der Waals surface area (Å²) < 4.78 is 2.20. The minimum Gasteiger partial charge on any atom is -0.337 e. The van der Waals surface area contributed by atoms with Gasteiger partial charge in [-0.15, -0.1) is 0 Å². The van der Waals surface area contributed by atoms with Crippen molar-refractivity contribution in [2.75, 3.05) is 20.1 Å². The van der Waals surface area contributed by atoms with Crippen LogP contribution in [0.2, 0.25) is 0 Å². The van der Waals surface area contributed by atoms with Gasteiger partial charge >= 0.3 is 0 Å². The SMILES string of the molecule is CN1[C@@H]2CC[C@H]1CN(C(=O)c1cnc3c(c1)ncn3C1CCCC1)CC2. The number of hydrogen-bond donors (Lipinski definition) is 0. The first-order valence-corrected chi connectivity index (χ1v) is 10.0. The number of fused-ring (bicyclic) bond motifs is 3. The van der Waals surface area contributed by atoms with Crippen LogP contribution in [-0.2, 0) is 0 Å². The van der Waals surface area contributed by atoms with Gasteiger partial charge in [0.25, 0.3) is 5.91 Å². The van der Waals surface area contributed by atoms with E-state index < -0.39 is 0 Å². The number of carbonyl (C=O) groups is 1. The molecule has 5 rings (SSSR count). The number of aromatic nitrogens is 3. The second-order valence-corrected chi connectivity index (χ2v) is 8.25. The van der Waals surface area contributed by atoms with Crippen molar-refractivity contribution in [3.05, 3.63) is 24.2 Å². The van der Waals surface area contributed by atoms with E-state index in [1.807, 2.05) is 17.3 Å². The summed E-state index contributed by atoms with van der Waals surface area (Å²) in [5.74, 6) is 0.107. The Bertz CT molecular complexity index is 825. The van der Waals surface area contributed by atoms with E-state index in [2.05, 4.69) is 26.5 Å². The predicted molar refractivity (Wildman–Crippen MR) is 100 cm³/mol. The van der Waals surface area contributed by atoms with Crippen molar-refractivity contribution in [1.29, 1.82) is 0 Å². The third-order valence-corrected chi connectivity index (χ3v) is 6.81. The average Bonchev–Trinajstić information content (AvgIpc) is 3.34.